The fourth-order valence-corrected chi connectivity index (χ4v) is 1.57. The molecule has 2 rings (SSSR count). The normalized spacial score (nSPS) is 10.2. The summed E-state index contributed by atoms with van der Waals surface area (Å²) in [4.78, 5) is 15.8. The molecule has 0 aromatic carbocycles. The van der Waals surface area contributed by atoms with Crippen molar-refractivity contribution in [3.63, 3.8) is 0 Å². The molecule has 0 bridgehead atoms. The first-order valence-corrected chi connectivity index (χ1v) is 5.16. The summed E-state index contributed by atoms with van der Waals surface area (Å²) in [7, 11) is 0. The van der Waals surface area contributed by atoms with E-state index in [4.69, 9.17) is 10.2 Å². The van der Waals surface area contributed by atoms with E-state index in [0.717, 1.165) is 0 Å². The second-order valence-corrected chi connectivity index (χ2v) is 3.74. The third-order valence-electron chi connectivity index (χ3n) is 2.39. The molecule has 1 amide bonds. The minimum absolute atomic E-state index is 0.239. The SMILES string of the molecule is Cc1cc(C(=O)Nc2ccncc2N)c(C)o1. The summed E-state index contributed by atoms with van der Waals surface area (Å²) in [6.07, 6.45) is 3.06. The molecule has 0 fully saturated rings. The van der Waals surface area contributed by atoms with Crippen molar-refractivity contribution in [1.82, 2.24) is 4.98 Å². The van der Waals surface area contributed by atoms with Crippen LogP contribution in [-0.4, -0.2) is 10.9 Å². The number of nitrogen functional groups attached to an aromatic ring is 1. The van der Waals surface area contributed by atoms with Gasteiger partial charge < -0.3 is 15.5 Å². The second-order valence-electron chi connectivity index (χ2n) is 3.74. The van der Waals surface area contributed by atoms with E-state index in [-0.39, 0.29) is 5.91 Å². The van der Waals surface area contributed by atoms with Crippen LogP contribution in [0.5, 0.6) is 0 Å². The van der Waals surface area contributed by atoms with E-state index >= 15 is 0 Å². The van der Waals surface area contributed by atoms with Crippen LogP contribution in [0.25, 0.3) is 0 Å². The maximum atomic E-state index is 12.0. The van der Waals surface area contributed by atoms with Gasteiger partial charge in [0.15, 0.2) is 0 Å². The Kier molecular flexibility index (Phi) is 2.82. The smallest absolute Gasteiger partial charge is 0.259 e. The van der Waals surface area contributed by atoms with E-state index in [1.54, 1.807) is 32.2 Å². The molecule has 88 valence electrons. The highest BCUT2D eigenvalue weighted by atomic mass is 16.3. The quantitative estimate of drug-likeness (QED) is 0.829. The number of nitrogens with one attached hydrogen (secondary N) is 1. The molecule has 5 heteroatoms. The highest BCUT2D eigenvalue weighted by Gasteiger charge is 2.14. The van der Waals surface area contributed by atoms with Gasteiger partial charge in [0.1, 0.15) is 11.5 Å². The maximum absolute atomic E-state index is 12.0. The number of anilines is 2. The van der Waals surface area contributed by atoms with E-state index in [1.165, 1.54) is 6.20 Å². The first-order chi connectivity index (χ1) is 8.08. The Morgan fingerprint density at radius 3 is 2.82 bits per heavy atom. The molecule has 2 aromatic heterocycles. The zero-order valence-electron chi connectivity index (χ0n) is 9.65. The molecule has 0 atom stereocenters. The van der Waals surface area contributed by atoms with E-state index in [0.29, 0.717) is 28.5 Å². The van der Waals surface area contributed by atoms with Crippen LogP contribution in [0, 0.1) is 13.8 Å². The number of hydrogen-bond acceptors (Lipinski definition) is 4. The van der Waals surface area contributed by atoms with Gasteiger partial charge in [-0.05, 0) is 26.0 Å². The van der Waals surface area contributed by atoms with Gasteiger partial charge in [-0.2, -0.15) is 0 Å². The minimum Gasteiger partial charge on any atom is -0.466 e. The van der Waals surface area contributed by atoms with E-state index < -0.39 is 0 Å². The summed E-state index contributed by atoms with van der Waals surface area (Å²) >= 11 is 0. The molecule has 17 heavy (non-hydrogen) atoms. The Morgan fingerprint density at radius 2 is 2.24 bits per heavy atom. The highest BCUT2D eigenvalue weighted by Crippen LogP contribution is 2.19. The van der Waals surface area contributed by atoms with Crippen molar-refractivity contribution in [2.75, 3.05) is 11.1 Å². The summed E-state index contributed by atoms with van der Waals surface area (Å²) in [6, 6.07) is 3.34. The molecule has 0 aliphatic rings. The van der Waals surface area contributed by atoms with Crippen LogP contribution in [-0.2, 0) is 0 Å². The number of pyridine rings is 1. The summed E-state index contributed by atoms with van der Waals surface area (Å²) in [5.74, 6) is 1.06. The standard InChI is InChI=1S/C12H13N3O2/c1-7-5-9(8(2)17-7)12(16)15-11-3-4-14-6-10(11)13/h3-6H,13H2,1-2H3,(H,14,15,16). The average molecular weight is 231 g/mol. The molecule has 0 unspecified atom stereocenters. The number of aromatic nitrogens is 1. The van der Waals surface area contributed by atoms with E-state index in [9.17, 15) is 4.79 Å². The third kappa shape index (κ3) is 2.28. The molecule has 2 aromatic rings. The van der Waals surface area contributed by atoms with Gasteiger partial charge in [-0.25, -0.2) is 0 Å². The number of hydrogen-bond donors (Lipinski definition) is 2. The van der Waals surface area contributed by atoms with Crippen molar-refractivity contribution in [2.24, 2.45) is 0 Å². The van der Waals surface area contributed by atoms with Gasteiger partial charge in [0.2, 0.25) is 0 Å². The van der Waals surface area contributed by atoms with Crippen molar-refractivity contribution in [1.29, 1.82) is 0 Å². The number of aryl methyl sites for hydroxylation is 2. The van der Waals surface area contributed by atoms with Crippen molar-refractivity contribution >= 4 is 17.3 Å². The number of nitrogens with zero attached hydrogens (tertiary/aromatic N) is 1. The van der Waals surface area contributed by atoms with E-state index in [2.05, 4.69) is 10.3 Å². The number of furan rings is 1. The molecule has 0 spiro atoms. The number of nitrogens with two attached hydrogens (primary N) is 1. The van der Waals surface area contributed by atoms with Crippen LogP contribution >= 0.6 is 0 Å². The number of rotatable bonds is 2. The van der Waals surface area contributed by atoms with Gasteiger partial charge in [0.25, 0.3) is 5.91 Å². The predicted octanol–water partition coefficient (Wildman–Crippen LogP) is 2.13. The fraction of sp³-hybridized carbons (Fsp3) is 0.167. The van der Waals surface area contributed by atoms with Crippen molar-refractivity contribution in [2.45, 2.75) is 13.8 Å². The van der Waals surface area contributed by atoms with E-state index in [1.807, 2.05) is 0 Å². The van der Waals surface area contributed by atoms with Crippen LogP contribution in [0.15, 0.2) is 28.9 Å². The average Bonchev–Trinajstić information content (AvgIpc) is 2.61. The topological polar surface area (TPSA) is 81.2 Å². The largest absolute Gasteiger partial charge is 0.466 e. The van der Waals surface area contributed by atoms with Crippen LogP contribution in [0.4, 0.5) is 11.4 Å². The fourth-order valence-electron chi connectivity index (χ4n) is 1.57. The number of carbonyl (C=O) groups excluding carboxylic acids is 1. The first-order valence-electron chi connectivity index (χ1n) is 5.16. The van der Waals surface area contributed by atoms with Crippen molar-refractivity contribution in [3.05, 3.63) is 41.6 Å². The lowest BCUT2D eigenvalue weighted by atomic mass is 10.2. The van der Waals surface area contributed by atoms with Crippen LogP contribution in [0.3, 0.4) is 0 Å². The molecule has 0 radical (unpaired) electrons. The van der Waals surface area contributed by atoms with Gasteiger partial charge >= 0.3 is 0 Å². The summed E-state index contributed by atoms with van der Waals surface area (Å²) < 4.78 is 5.30. The first kappa shape index (κ1) is 11.2. The van der Waals surface area contributed by atoms with Gasteiger partial charge in [0.05, 0.1) is 23.1 Å². The minimum atomic E-state index is -0.239. The Bertz CT molecular complexity index is 561. The Morgan fingerprint density at radius 1 is 1.47 bits per heavy atom. The van der Waals surface area contributed by atoms with Crippen molar-refractivity contribution in [3.8, 4) is 0 Å². The van der Waals surface area contributed by atoms with Gasteiger partial charge in [-0.1, -0.05) is 0 Å². The third-order valence-corrected chi connectivity index (χ3v) is 2.39. The van der Waals surface area contributed by atoms with Gasteiger partial charge in [-0.15, -0.1) is 0 Å². The maximum Gasteiger partial charge on any atom is 0.259 e. The molecule has 0 saturated carbocycles. The molecular weight excluding hydrogens is 218 g/mol. The molecule has 2 heterocycles. The van der Waals surface area contributed by atoms with Crippen molar-refractivity contribution < 1.29 is 9.21 Å². The molecule has 0 aliphatic heterocycles. The monoisotopic (exact) mass is 231 g/mol. The molecule has 0 aliphatic carbocycles. The molecule has 5 nitrogen and oxygen atoms in total. The zero-order chi connectivity index (χ0) is 12.4. The molecule has 0 saturated heterocycles. The number of carbonyl (C=O) groups is 1. The summed E-state index contributed by atoms with van der Waals surface area (Å²) in [5.41, 5.74) is 7.18. The Balaban J connectivity index is 2.23. The second kappa shape index (κ2) is 4.29. The van der Waals surface area contributed by atoms with Crippen LogP contribution in [0.2, 0.25) is 0 Å². The van der Waals surface area contributed by atoms with Gasteiger partial charge in [-0.3, -0.25) is 9.78 Å². The lowest BCUT2D eigenvalue weighted by Crippen LogP contribution is -2.13. The lowest BCUT2D eigenvalue weighted by molar-refractivity contribution is 0.102. The van der Waals surface area contributed by atoms with Crippen LogP contribution in [0.1, 0.15) is 21.9 Å². The zero-order valence-corrected chi connectivity index (χ0v) is 9.65. The van der Waals surface area contributed by atoms with Crippen LogP contribution < -0.4 is 11.1 Å². The summed E-state index contributed by atoms with van der Waals surface area (Å²) in [5, 5.41) is 2.72. The Hall–Kier alpha value is -2.30. The molecule has 3 N–H and O–H groups in total. The highest BCUT2D eigenvalue weighted by molar-refractivity contribution is 6.06. The Labute approximate surface area is 98.6 Å². The van der Waals surface area contributed by atoms with Gasteiger partial charge in [0, 0.05) is 6.20 Å². The molecular formula is C12H13N3O2. The number of amides is 1. The summed E-state index contributed by atoms with van der Waals surface area (Å²) in [6.45, 7) is 3.54. The lowest BCUT2D eigenvalue weighted by Gasteiger charge is -2.06. The predicted molar refractivity (Wildman–Crippen MR) is 64.8 cm³/mol.